The lowest BCUT2D eigenvalue weighted by Crippen LogP contribution is -2.27. The Morgan fingerprint density at radius 1 is 1.33 bits per heavy atom. The van der Waals surface area contributed by atoms with Crippen LogP contribution in [0.5, 0.6) is 0 Å². The molecule has 4 nitrogen and oxygen atoms in total. The van der Waals surface area contributed by atoms with Crippen molar-refractivity contribution in [1.82, 2.24) is 0 Å². The molecule has 0 N–H and O–H groups in total. The zero-order valence-corrected chi connectivity index (χ0v) is 10.5. The van der Waals surface area contributed by atoms with Gasteiger partial charge in [0.1, 0.15) is 16.9 Å². The number of benzene rings is 1. The van der Waals surface area contributed by atoms with E-state index in [1.807, 2.05) is 0 Å². The lowest BCUT2D eigenvalue weighted by Gasteiger charge is -2.16. The minimum Gasteiger partial charge on any atom is -0.308 e. The van der Waals surface area contributed by atoms with Crippen molar-refractivity contribution in [2.24, 2.45) is 0 Å². The van der Waals surface area contributed by atoms with E-state index in [0.29, 0.717) is 6.07 Å². The highest BCUT2D eigenvalue weighted by atomic mass is 35.7. The summed E-state index contributed by atoms with van der Waals surface area (Å²) < 4.78 is 48.5. The number of halogens is 3. The van der Waals surface area contributed by atoms with Crippen LogP contribution in [0.2, 0.25) is 0 Å². The number of carbonyl (C=O) groups excluding carboxylic acids is 1. The van der Waals surface area contributed by atoms with Gasteiger partial charge in [0, 0.05) is 29.7 Å². The first-order valence-corrected chi connectivity index (χ1v) is 7.35. The number of rotatable bonds is 2. The highest BCUT2D eigenvalue weighted by Gasteiger charge is 2.38. The molecule has 0 saturated carbocycles. The highest BCUT2D eigenvalue weighted by molar-refractivity contribution is 8.14. The normalized spacial score (nSPS) is 20.5. The van der Waals surface area contributed by atoms with Crippen molar-refractivity contribution in [2.75, 3.05) is 11.4 Å². The van der Waals surface area contributed by atoms with Crippen molar-refractivity contribution in [3.8, 4) is 0 Å². The smallest absolute Gasteiger partial charge is 0.237 e. The minimum absolute atomic E-state index is 0.149. The second-order valence-corrected chi connectivity index (χ2v) is 6.81. The Morgan fingerprint density at radius 2 is 2.00 bits per heavy atom. The summed E-state index contributed by atoms with van der Waals surface area (Å²) >= 11 is 0. The zero-order chi connectivity index (χ0) is 13.5. The van der Waals surface area contributed by atoms with E-state index in [2.05, 4.69) is 0 Å². The van der Waals surface area contributed by atoms with Crippen LogP contribution in [0, 0.1) is 11.6 Å². The van der Waals surface area contributed by atoms with Gasteiger partial charge in [-0.15, -0.1) is 0 Å². The van der Waals surface area contributed by atoms with Crippen LogP contribution in [0.4, 0.5) is 14.5 Å². The number of amides is 1. The van der Waals surface area contributed by atoms with Crippen LogP contribution >= 0.6 is 10.7 Å². The molecular weight excluding hydrogens is 288 g/mol. The van der Waals surface area contributed by atoms with E-state index in [9.17, 15) is 22.0 Å². The summed E-state index contributed by atoms with van der Waals surface area (Å²) in [6.07, 6.45) is -0.303. The van der Waals surface area contributed by atoms with E-state index in [0.717, 1.165) is 17.0 Å². The van der Waals surface area contributed by atoms with Gasteiger partial charge in [0.25, 0.3) is 0 Å². The molecule has 1 atom stereocenters. The summed E-state index contributed by atoms with van der Waals surface area (Å²) in [7, 11) is 1.28. The molecule has 18 heavy (non-hydrogen) atoms. The molecule has 1 fully saturated rings. The van der Waals surface area contributed by atoms with E-state index in [4.69, 9.17) is 10.7 Å². The summed E-state index contributed by atoms with van der Waals surface area (Å²) in [5, 5.41) is -1.07. The molecule has 1 aliphatic heterocycles. The molecule has 1 saturated heterocycles. The molecule has 1 unspecified atom stereocenters. The topological polar surface area (TPSA) is 54.5 Å². The van der Waals surface area contributed by atoms with Gasteiger partial charge < -0.3 is 4.90 Å². The molecule has 0 radical (unpaired) electrons. The van der Waals surface area contributed by atoms with Crippen LogP contribution in [0.15, 0.2) is 18.2 Å². The van der Waals surface area contributed by atoms with Gasteiger partial charge in [0.2, 0.25) is 15.0 Å². The maximum atomic E-state index is 13.5. The molecule has 1 aromatic carbocycles. The van der Waals surface area contributed by atoms with Gasteiger partial charge in [0.05, 0.1) is 5.69 Å². The lowest BCUT2D eigenvalue weighted by atomic mass is 10.2. The summed E-state index contributed by atoms with van der Waals surface area (Å²) in [5.41, 5.74) is -0.149. The van der Waals surface area contributed by atoms with Crippen LogP contribution in [0.3, 0.4) is 0 Å². The van der Waals surface area contributed by atoms with Gasteiger partial charge in [-0.25, -0.2) is 17.2 Å². The summed E-state index contributed by atoms with van der Waals surface area (Å²) in [5.74, 6) is -2.25. The molecule has 98 valence electrons. The molecule has 2 rings (SSSR count). The first-order valence-electron chi connectivity index (χ1n) is 4.98. The Balaban J connectivity index is 2.33. The van der Waals surface area contributed by atoms with Gasteiger partial charge >= 0.3 is 0 Å². The first kappa shape index (κ1) is 13.2. The highest BCUT2D eigenvalue weighted by Crippen LogP contribution is 2.28. The second-order valence-electron chi connectivity index (χ2n) is 3.90. The number of carbonyl (C=O) groups is 1. The Morgan fingerprint density at radius 3 is 2.50 bits per heavy atom. The molecule has 1 aliphatic rings. The Bertz CT molecular complexity index is 605. The molecule has 8 heteroatoms. The van der Waals surface area contributed by atoms with Crippen molar-refractivity contribution in [2.45, 2.75) is 11.7 Å². The third-order valence-corrected chi connectivity index (χ3v) is 4.56. The van der Waals surface area contributed by atoms with Gasteiger partial charge in [-0.3, -0.25) is 4.79 Å². The Hall–Kier alpha value is -1.21. The van der Waals surface area contributed by atoms with E-state index in [1.165, 1.54) is 0 Å². The van der Waals surface area contributed by atoms with Gasteiger partial charge in [0.15, 0.2) is 0 Å². The minimum atomic E-state index is -3.88. The maximum Gasteiger partial charge on any atom is 0.237 e. The molecule has 1 heterocycles. The molecule has 0 bridgehead atoms. The second kappa shape index (κ2) is 4.47. The average molecular weight is 296 g/mol. The van der Waals surface area contributed by atoms with Crippen LogP contribution in [0.25, 0.3) is 0 Å². The van der Waals surface area contributed by atoms with Crippen molar-refractivity contribution in [3.05, 3.63) is 29.8 Å². The van der Waals surface area contributed by atoms with Crippen molar-refractivity contribution in [1.29, 1.82) is 0 Å². The number of hydrogen-bond acceptors (Lipinski definition) is 3. The van der Waals surface area contributed by atoms with Crippen molar-refractivity contribution >= 4 is 31.3 Å². The maximum absolute atomic E-state index is 13.5. The fraction of sp³-hybridized carbons (Fsp3) is 0.300. The Kier molecular flexibility index (Phi) is 3.29. The summed E-state index contributed by atoms with van der Waals surface area (Å²) in [6.45, 7) is -0.229. The summed E-state index contributed by atoms with van der Waals surface area (Å²) in [6, 6.07) is 2.71. The molecule has 0 spiro atoms. The van der Waals surface area contributed by atoms with Crippen LogP contribution in [0.1, 0.15) is 6.42 Å². The molecule has 1 aromatic rings. The molecular formula is C10H8ClF2NO3S. The zero-order valence-electron chi connectivity index (χ0n) is 8.94. The fourth-order valence-electron chi connectivity index (χ4n) is 1.80. The molecule has 0 aliphatic carbocycles. The number of anilines is 1. The van der Waals surface area contributed by atoms with Gasteiger partial charge in [-0.2, -0.15) is 0 Å². The molecule has 0 aromatic heterocycles. The van der Waals surface area contributed by atoms with Gasteiger partial charge in [-0.05, 0) is 12.1 Å². The van der Waals surface area contributed by atoms with E-state index in [-0.39, 0.29) is 18.7 Å². The lowest BCUT2D eigenvalue weighted by molar-refractivity contribution is -0.117. The quantitative estimate of drug-likeness (QED) is 0.780. The Labute approximate surface area is 107 Å². The predicted molar refractivity (Wildman–Crippen MR) is 61.9 cm³/mol. The van der Waals surface area contributed by atoms with E-state index in [1.54, 1.807) is 0 Å². The SMILES string of the molecule is O=C1CC(S(=O)(=O)Cl)CN1c1ccc(F)cc1F. The van der Waals surface area contributed by atoms with Crippen LogP contribution < -0.4 is 4.90 Å². The largest absolute Gasteiger partial charge is 0.308 e. The molecule has 1 amide bonds. The van der Waals surface area contributed by atoms with Crippen molar-refractivity contribution < 1.29 is 22.0 Å². The predicted octanol–water partition coefficient (Wildman–Crippen LogP) is 1.64. The van der Waals surface area contributed by atoms with Crippen LogP contribution in [-0.2, 0) is 13.8 Å². The van der Waals surface area contributed by atoms with E-state index < -0.39 is 31.8 Å². The fourth-order valence-corrected chi connectivity index (χ4v) is 2.82. The van der Waals surface area contributed by atoms with Crippen molar-refractivity contribution in [3.63, 3.8) is 0 Å². The standard InChI is InChI=1S/C10H8ClF2NO3S/c11-18(16,17)7-4-10(15)14(5-7)9-2-1-6(12)3-8(9)13/h1-3,7H,4-5H2. The van der Waals surface area contributed by atoms with E-state index >= 15 is 0 Å². The first-order chi connectivity index (χ1) is 8.29. The van der Waals surface area contributed by atoms with Gasteiger partial charge in [-0.1, -0.05) is 0 Å². The number of hydrogen-bond donors (Lipinski definition) is 0. The average Bonchev–Trinajstić information content (AvgIpc) is 2.60. The number of nitrogens with zero attached hydrogens (tertiary/aromatic N) is 1. The summed E-state index contributed by atoms with van der Waals surface area (Å²) in [4.78, 5) is 12.6. The van der Waals surface area contributed by atoms with Crippen LogP contribution in [-0.4, -0.2) is 26.1 Å². The third kappa shape index (κ3) is 2.46. The monoisotopic (exact) mass is 295 g/mol. The third-order valence-electron chi connectivity index (χ3n) is 2.69.